The highest BCUT2D eigenvalue weighted by Crippen LogP contribution is 2.27. The van der Waals surface area contributed by atoms with Crippen LogP contribution in [0.2, 0.25) is 0 Å². The lowest BCUT2D eigenvalue weighted by Crippen LogP contribution is -2.13. The molecular weight excluding hydrogens is 432 g/mol. The number of carbonyl (C=O) groups excluding carboxylic acids is 1. The Hall–Kier alpha value is -4.33. The van der Waals surface area contributed by atoms with Crippen molar-refractivity contribution in [3.05, 3.63) is 77.9 Å². The Balaban J connectivity index is 1.59. The summed E-state index contributed by atoms with van der Waals surface area (Å²) in [6.45, 7) is 4.40. The third-order valence-electron chi connectivity index (χ3n) is 5.19. The number of hydrogen-bond acceptors (Lipinski definition) is 6. The average Bonchev–Trinajstić information content (AvgIpc) is 3.28. The van der Waals surface area contributed by atoms with Gasteiger partial charge in [-0.15, -0.1) is 5.10 Å². The lowest BCUT2D eigenvalue weighted by molar-refractivity contribution is 0.102. The molecule has 0 atom stereocenters. The topological polar surface area (TPSA) is 87.5 Å². The predicted octanol–water partition coefficient (Wildman–Crippen LogP) is 4.91. The van der Waals surface area contributed by atoms with Crippen molar-refractivity contribution in [1.29, 1.82) is 0 Å². The molecule has 34 heavy (non-hydrogen) atoms. The molecule has 1 aromatic heterocycles. The van der Waals surface area contributed by atoms with E-state index in [9.17, 15) is 4.79 Å². The Morgan fingerprint density at radius 3 is 2.35 bits per heavy atom. The summed E-state index contributed by atoms with van der Waals surface area (Å²) in [7, 11) is 3.08. The fraction of sp³-hybridized carbons (Fsp3) is 0.192. The zero-order chi connectivity index (χ0) is 24.1. The molecule has 0 saturated carbocycles. The Bertz CT molecular complexity index is 1280. The van der Waals surface area contributed by atoms with Crippen LogP contribution in [-0.2, 0) is 0 Å². The molecular formula is C26H26N4O4. The molecule has 8 heteroatoms. The van der Waals surface area contributed by atoms with Crippen molar-refractivity contribution in [1.82, 2.24) is 14.8 Å². The maximum absolute atomic E-state index is 12.8. The number of hydrogen-bond donors (Lipinski definition) is 1. The molecule has 4 aromatic rings. The molecule has 1 N–H and O–H groups in total. The predicted molar refractivity (Wildman–Crippen MR) is 130 cm³/mol. The SMILES string of the molecule is CCOc1nc(-c2ccc(C)cc2)n(-c2ccc(NC(=O)c3ccc(OC)cc3OC)cc2)n1. The van der Waals surface area contributed by atoms with Crippen LogP contribution in [0.4, 0.5) is 5.69 Å². The summed E-state index contributed by atoms with van der Waals surface area (Å²) in [6, 6.07) is 20.8. The number of aromatic nitrogens is 3. The zero-order valence-corrected chi connectivity index (χ0v) is 19.5. The number of nitrogens with one attached hydrogen (secondary N) is 1. The molecule has 0 aliphatic heterocycles. The second kappa shape index (κ2) is 10.1. The number of anilines is 1. The number of amides is 1. The Kier molecular flexibility index (Phi) is 6.77. The van der Waals surface area contributed by atoms with Crippen LogP contribution in [0, 0.1) is 6.92 Å². The first-order valence-corrected chi connectivity index (χ1v) is 10.8. The fourth-order valence-corrected chi connectivity index (χ4v) is 3.42. The third kappa shape index (κ3) is 4.85. The highest BCUT2D eigenvalue weighted by atomic mass is 16.5. The first kappa shape index (κ1) is 22.8. The van der Waals surface area contributed by atoms with E-state index in [1.807, 2.05) is 62.4 Å². The van der Waals surface area contributed by atoms with E-state index in [4.69, 9.17) is 14.2 Å². The van der Waals surface area contributed by atoms with Gasteiger partial charge >= 0.3 is 6.01 Å². The molecule has 174 valence electrons. The van der Waals surface area contributed by atoms with Gasteiger partial charge in [-0.05, 0) is 50.2 Å². The molecule has 0 unspecified atom stereocenters. The van der Waals surface area contributed by atoms with Crippen molar-refractivity contribution < 1.29 is 19.0 Å². The zero-order valence-electron chi connectivity index (χ0n) is 19.5. The van der Waals surface area contributed by atoms with Gasteiger partial charge < -0.3 is 19.5 Å². The minimum Gasteiger partial charge on any atom is -0.497 e. The summed E-state index contributed by atoms with van der Waals surface area (Å²) in [5.41, 5.74) is 3.91. The molecule has 0 spiro atoms. The quantitative estimate of drug-likeness (QED) is 0.404. The van der Waals surface area contributed by atoms with Crippen LogP contribution in [0.3, 0.4) is 0 Å². The number of rotatable bonds is 8. The number of methoxy groups -OCH3 is 2. The first-order valence-electron chi connectivity index (χ1n) is 10.8. The summed E-state index contributed by atoms with van der Waals surface area (Å²) >= 11 is 0. The van der Waals surface area contributed by atoms with Crippen molar-refractivity contribution in [2.75, 3.05) is 26.1 Å². The molecule has 0 saturated heterocycles. The smallest absolute Gasteiger partial charge is 0.336 e. The Morgan fingerprint density at radius 2 is 1.71 bits per heavy atom. The molecule has 0 aliphatic rings. The van der Waals surface area contributed by atoms with Crippen molar-refractivity contribution in [3.63, 3.8) is 0 Å². The van der Waals surface area contributed by atoms with Crippen LogP contribution in [-0.4, -0.2) is 41.5 Å². The Morgan fingerprint density at radius 1 is 0.971 bits per heavy atom. The van der Waals surface area contributed by atoms with Crippen molar-refractivity contribution in [2.24, 2.45) is 0 Å². The summed E-state index contributed by atoms with van der Waals surface area (Å²) < 4.78 is 17.8. The summed E-state index contributed by atoms with van der Waals surface area (Å²) in [5, 5.41) is 7.41. The summed E-state index contributed by atoms with van der Waals surface area (Å²) in [4.78, 5) is 17.4. The second-order valence-corrected chi connectivity index (χ2v) is 7.50. The molecule has 0 fully saturated rings. The molecule has 0 aliphatic carbocycles. The van der Waals surface area contributed by atoms with Gasteiger partial charge in [0.05, 0.1) is 32.1 Å². The van der Waals surface area contributed by atoms with Gasteiger partial charge in [0.25, 0.3) is 5.91 Å². The molecule has 1 amide bonds. The highest BCUT2D eigenvalue weighted by Gasteiger charge is 2.16. The molecule has 0 radical (unpaired) electrons. The number of carbonyl (C=O) groups is 1. The van der Waals surface area contributed by atoms with Gasteiger partial charge in [0.2, 0.25) is 0 Å². The molecule has 0 bridgehead atoms. The molecule has 3 aromatic carbocycles. The van der Waals surface area contributed by atoms with Crippen molar-refractivity contribution in [2.45, 2.75) is 13.8 Å². The molecule has 4 rings (SSSR count). The van der Waals surface area contributed by atoms with Crippen molar-refractivity contribution in [3.8, 4) is 34.6 Å². The number of aryl methyl sites for hydroxylation is 1. The lowest BCUT2D eigenvalue weighted by Gasteiger charge is -2.11. The molecule has 1 heterocycles. The number of ether oxygens (including phenoxy) is 3. The van der Waals surface area contributed by atoms with E-state index in [1.165, 1.54) is 7.11 Å². The van der Waals surface area contributed by atoms with E-state index in [1.54, 1.807) is 30.0 Å². The number of nitrogens with zero attached hydrogens (tertiary/aromatic N) is 3. The highest BCUT2D eigenvalue weighted by molar-refractivity contribution is 6.06. The van der Waals surface area contributed by atoms with Crippen LogP contribution in [0.15, 0.2) is 66.7 Å². The second-order valence-electron chi connectivity index (χ2n) is 7.50. The van der Waals surface area contributed by atoms with Crippen molar-refractivity contribution >= 4 is 11.6 Å². The van der Waals surface area contributed by atoms with E-state index in [-0.39, 0.29) is 5.91 Å². The van der Waals surface area contributed by atoms with Gasteiger partial charge in [0.1, 0.15) is 11.5 Å². The first-order chi connectivity index (χ1) is 16.5. The van der Waals surface area contributed by atoms with Gasteiger partial charge in [-0.2, -0.15) is 4.98 Å². The number of benzene rings is 3. The van der Waals surface area contributed by atoms with E-state index >= 15 is 0 Å². The van der Waals surface area contributed by atoms with Gasteiger partial charge in [0.15, 0.2) is 5.82 Å². The van der Waals surface area contributed by atoms with Crippen LogP contribution >= 0.6 is 0 Å². The maximum atomic E-state index is 12.8. The fourth-order valence-electron chi connectivity index (χ4n) is 3.42. The maximum Gasteiger partial charge on any atom is 0.336 e. The van der Waals surface area contributed by atoms with E-state index in [0.717, 1.165) is 16.8 Å². The standard InChI is InChI=1S/C26H26N4O4/c1-5-34-26-28-24(18-8-6-17(2)7-9-18)30(29-26)20-12-10-19(11-13-20)27-25(31)22-15-14-21(32-3)16-23(22)33-4/h6-16H,5H2,1-4H3,(H,27,31). The van der Waals surface area contributed by atoms with E-state index in [0.29, 0.717) is 41.2 Å². The monoisotopic (exact) mass is 458 g/mol. The van der Waals surface area contributed by atoms with Crippen LogP contribution in [0.5, 0.6) is 17.5 Å². The average molecular weight is 459 g/mol. The normalized spacial score (nSPS) is 10.6. The van der Waals surface area contributed by atoms with E-state index in [2.05, 4.69) is 15.4 Å². The summed E-state index contributed by atoms with van der Waals surface area (Å²) in [6.07, 6.45) is 0. The lowest BCUT2D eigenvalue weighted by atomic mass is 10.1. The Labute approximate surface area is 198 Å². The minimum atomic E-state index is -0.285. The summed E-state index contributed by atoms with van der Waals surface area (Å²) in [5.74, 6) is 1.43. The third-order valence-corrected chi connectivity index (χ3v) is 5.19. The van der Waals surface area contributed by atoms with E-state index < -0.39 is 0 Å². The van der Waals surface area contributed by atoms with Gasteiger partial charge in [0, 0.05) is 17.3 Å². The van der Waals surface area contributed by atoms with Gasteiger partial charge in [-0.3, -0.25) is 4.79 Å². The minimum absolute atomic E-state index is 0.285. The van der Waals surface area contributed by atoms with Crippen LogP contribution < -0.4 is 19.5 Å². The van der Waals surface area contributed by atoms with Crippen LogP contribution in [0.25, 0.3) is 17.1 Å². The largest absolute Gasteiger partial charge is 0.497 e. The molecule has 8 nitrogen and oxygen atoms in total. The van der Waals surface area contributed by atoms with Gasteiger partial charge in [-0.25, -0.2) is 4.68 Å². The van der Waals surface area contributed by atoms with Gasteiger partial charge in [-0.1, -0.05) is 29.8 Å². The van der Waals surface area contributed by atoms with Crippen LogP contribution in [0.1, 0.15) is 22.8 Å².